The Morgan fingerprint density at radius 1 is 0.774 bits per heavy atom. The number of benzene rings is 2. The molecule has 1 heterocycles. The van der Waals surface area contributed by atoms with Crippen LogP contribution in [0.5, 0.6) is 23.0 Å². The summed E-state index contributed by atoms with van der Waals surface area (Å²) in [5, 5.41) is 39.9. The number of unbranched alkanes of at least 4 members (excludes halogenated alkanes) is 5. The van der Waals surface area contributed by atoms with Gasteiger partial charge in [-0.3, -0.25) is 4.79 Å². The predicted molar refractivity (Wildman–Crippen MR) is 121 cm³/mol. The highest BCUT2D eigenvalue weighted by molar-refractivity contribution is 5.84. The van der Waals surface area contributed by atoms with E-state index in [2.05, 4.69) is 6.92 Å². The molecule has 0 radical (unpaired) electrons. The summed E-state index contributed by atoms with van der Waals surface area (Å²) in [6.07, 6.45) is 8.77. The number of phenols is 3. The summed E-state index contributed by atoms with van der Waals surface area (Å²) in [6, 6.07) is 5.87. The van der Waals surface area contributed by atoms with Crippen molar-refractivity contribution in [2.24, 2.45) is 0 Å². The molecule has 0 amide bonds. The molecule has 2 aromatic carbocycles. The SMILES string of the molecule is CCCCCCCCc1cc2c(=O)c(O)c(-c3cc(O)c(O)c(O)c3)oc2cc1CC. The average molecular weight is 427 g/mol. The van der Waals surface area contributed by atoms with Crippen LogP contribution in [-0.2, 0) is 12.8 Å². The van der Waals surface area contributed by atoms with Crippen molar-refractivity contribution in [1.29, 1.82) is 0 Å². The van der Waals surface area contributed by atoms with Crippen LogP contribution < -0.4 is 5.43 Å². The third kappa shape index (κ3) is 4.79. The van der Waals surface area contributed by atoms with Gasteiger partial charge in [-0.15, -0.1) is 0 Å². The number of hydrogen-bond acceptors (Lipinski definition) is 6. The zero-order valence-electron chi connectivity index (χ0n) is 18.1. The summed E-state index contributed by atoms with van der Waals surface area (Å²) in [5.41, 5.74) is 2.00. The largest absolute Gasteiger partial charge is 0.504 e. The molecule has 6 nitrogen and oxygen atoms in total. The zero-order valence-corrected chi connectivity index (χ0v) is 18.1. The highest BCUT2D eigenvalue weighted by Crippen LogP contribution is 2.41. The number of fused-ring (bicyclic) bond motifs is 1. The van der Waals surface area contributed by atoms with Crippen molar-refractivity contribution in [3.63, 3.8) is 0 Å². The summed E-state index contributed by atoms with van der Waals surface area (Å²) in [7, 11) is 0. The van der Waals surface area contributed by atoms with E-state index in [4.69, 9.17) is 4.42 Å². The quantitative estimate of drug-likeness (QED) is 0.256. The van der Waals surface area contributed by atoms with Crippen molar-refractivity contribution in [1.82, 2.24) is 0 Å². The van der Waals surface area contributed by atoms with Crippen molar-refractivity contribution < 1.29 is 24.8 Å². The number of phenolic OH excluding ortho intramolecular Hbond substituents is 3. The van der Waals surface area contributed by atoms with Crippen LogP contribution in [0.1, 0.15) is 63.5 Å². The molecule has 31 heavy (non-hydrogen) atoms. The van der Waals surface area contributed by atoms with E-state index < -0.39 is 28.4 Å². The number of aryl methyl sites for hydroxylation is 2. The standard InChI is InChI=1S/C25H30O6/c1-3-5-6-7-8-9-10-16-11-18-21(14-15(16)4-2)31-25(24(30)22(18)28)17-12-19(26)23(29)20(27)13-17/h11-14,26-27,29-30H,3-10H2,1-2H3. The third-order valence-electron chi connectivity index (χ3n) is 5.70. The van der Waals surface area contributed by atoms with Crippen LogP contribution in [0.2, 0.25) is 0 Å². The minimum atomic E-state index is -0.681. The smallest absolute Gasteiger partial charge is 0.235 e. The first kappa shape index (κ1) is 22.5. The van der Waals surface area contributed by atoms with E-state index in [-0.39, 0.29) is 11.3 Å². The van der Waals surface area contributed by atoms with Gasteiger partial charge >= 0.3 is 0 Å². The zero-order chi connectivity index (χ0) is 22.5. The molecular weight excluding hydrogens is 396 g/mol. The maximum Gasteiger partial charge on any atom is 0.235 e. The van der Waals surface area contributed by atoms with E-state index in [9.17, 15) is 25.2 Å². The molecule has 0 bridgehead atoms. The molecule has 3 aromatic rings. The van der Waals surface area contributed by atoms with Crippen LogP contribution in [0, 0.1) is 0 Å². The van der Waals surface area contributed by atoms with Gasteiger partial charge in [-0.25, -0.2) is 0 Å². The lowest BCUT2D eigenvalue weighted by Gasteiger charge is -2.12. The maximum absolute atomic E-state index is 12.9. The van der Waals surface area contributed by atoms with Crippen molar-refractivity contribution in [3.8, 4) is 34.3 Å². The normalized spacial score (nSPS) is 11.3. The fourth-order valence-electron chi connectivity index (χ4n) is 3.91. The fourth-order valence-corrected chi connectivity index (χ4v) is 3.91. The Hall–Kier alpha value is -3.15. The van der Waals surface area contributed by atoms with E-state index in [0.717, 1.165) is 48.9 Å². The van der Waals surface area contributed by atoms with Crippen molar-refractivity contribution in [2.45, 2.75) is 65.2 Å². The first-order valence-electron chi connectivity index (χ1n) is 10.9. The van der Waals surface area contributed by atoms with Crippen molar-refractivity contribution in [2.75, 3.05) is 0 Å². The minimum Gasteiger partial charge on any atom is -0.504 e. The van der Waals surface area contributed by atoms with Crippen molar-refractivity contribution in [3.05, 3.63) is 45.6 Å². The van der Waals surface area contributed by atoms with Gasteiger partial charge in [0, 0.05) is 5.56 Å². The van der Waals surface area contributed by atoms with E-state index in [1.165, 1.54) is 25.7 Å². The molecule has 4 N–H and O–H groups in total. The molecule has 3 rings (SSSR count). The molecule has 0 aliphatic heterocycles. The second kappa shape index (κ2) is 9.77. The van der Waals surface area contributed by atoms with Crippen LogP contribution in [0.25, 0.3) is 22.3 Å². The van der Waals surface area contributed by atoms with Crippen LogP contribution in [0.4, 0.5) is 0 Å². The Bertz CT molecular complexity index is 1110. The third-order valence-corrected chi connectivity index (χ3v) is 5.70. The van der Waals surface area contributed by atoms with E-state index in [1.54, 1.807) is 6.07 Å². The first-order valence-corrected chi connectivity index (χ1v) is 10.9. The van der Waals surface area contributed by atoms with Gasteiger partial charge in [-0.1, -0.05) is 46.0 Å². The molecule has 166 valence electrons. The highest BCUT2D eigenvalue weighted by atomic mass is 16.4. The number of aromatic hydroxyl groups is 4. The summed E-state index contributed by atoms with van der Waals surface area (Å²) in [4.78, 5) is 12.9. The highest BCUT2D eigenvalue weighted by Gasteiger charge is 2.19. The van der Waals surface area contributed by atoms with E-state index in [0.29, 0.717) is 11.0 Å². The van der Waals surface area contributed by atoms with Gasteiger partial charge in [0.15, 0.2) is 23.0 Å². The van der Waals surface area contributed by atoms with Gasteiger partial charge in [-0.05, 0) is 54.7 Å². The summed E-state index contributed by atoms with van der Waals surface area (Å²) >= 11 is 0. The molecule has 1 aromatic heterocycles. The van der Waals surface area contributed by atoms with Crippen LogP contribution in [0.15, 0.2) is 33.5 Å². The lowest BCUT2D eigenvalue weighted by Crippen LogP contribution is -2.05. The molecule has 0 aliphatic carbocycles. The van der Waals surface area contributed by atoms with Crippen LogP contribution in [0.3, 0.4) is 0 Å². The summed E-state index contributed by atoms with van der Waals surface area (Å²) in [5.74, 6) is -2.62. The Morgan fingerprint density at radius 3 is 2.06 bits per heavy atom. The number of rotatable bonds is 9. The molecule has 0 spiro atoms. The minimum absolute atomic E-state index is 0.0819. The van der Waals surface area contributed by atoms with Crippen molar-refractivity contribution >= 4 is 11.0 Å². The predicted octanol–water partition coefficient (Wildman–Crippen LogP) is 5.75. The molecule has 0 unspecified atom stereocenters. The summed E-state index contributed by atoms with van der Waals surface area (Å²) < 4.78 is 5.82. The van der Waals surface area contributed by atoms with Crippen LogP contribution in [-0.4, -0.2) is 20.4 Å². The van der Waals surface area contributed by atoms with Crippen LogP contribution >= 0.6 is 0 Å². The second-order valence-corrected chi connectivity index (χ2v) is 7.96. The molecule has 0 atom stereocenters. The van der Waals surface area contributed by atoms with Gasteiger partial charge in [0.2, 0.25) is 11.2 Å². The Kier molecular flexibility index (Phi) is 7.10. The molecule has 0 saturated heterocycles. The van der Waals surface area contributed by atoms with E-state index in [1.807, 2.05) is 13.0 Å². The Morgan fingerprint density at radius 2 is 1.42 bits per heavy atom. The lowest BCUT2D eigenvalue weighted by atomic mass is 9.96. The van der Waals surface area contributed by atoms with Gasteiger partial charge in [-0.2, -0.15) is 0 Å². The fraction of sp³-hybridized carbons (Fsp3) is 0.400. The topological polar surface area (TPSA) is 111 Å². The number of hydrogen-bond donors (Lipinski definition) is 4. The molecule has 6 heteroatoms. The van der Waals surface area contributed by atoms with Gasteiger partial charge in [0.05, 0.1) is 5.39 Å². The maximum atomic E-state index is 12.9. The van der Waals surface area contributed by atoms with Gasteiger partial charge in [0.25, 0.3) is 0 Å². The molecule has 0 fully saturated rings. The van der Waals surface area contributed by atoms with Gasteiger partial charge < -0.3 is 24.8 Å². The molecular formula is C25H30O6. The summed E-state index contributed by atoms with van der Waals surface area (Å²) in [6.45, 7) is 4.24. The van der Waals surface area contributed by atoms with Gasteiger partial charge in [0.1, 0.15) is 5.58 Å². The monoisotopic (exact) mass is 426 g/mol. The lowest BCUT2D eigenvalue weighted by molar-refractivity contribution is 0.368. The first-order chi connectivity index (χ1) is 14.9. The molecule has 0 aliphatic rings. The van der Waals surface area contributed by atoms with E-state index >= 15 is 0 Å². The Labute approximate surface area is 181 Å². The second-order valence-electron chi connectivity index (χ2n) is 7.96. The molecule has 0 saturated carbocycles. The Balaban J connectivity index is 1.98. The average Bonchev–Trinajstić information content (AvgIpc) is 2.76.